The van der Waals surface area contributed by atoms with Crippen molar-refractivity contribution >= 4 is 5.97 Å². The Bertz CT molecular complexity index is 1180. The van der Waals surface area contributed by atoms with Crippen molar-refractivity contribution in [3.05, 3.63) is 47.5 Å². The Morgan fingerprint density at radius 1 is 1.10 bits per heavy atom. The predicted molar refractivity (Wildman–Crippen MR) is 154 cm³/mol. The van der Waals surface area contributed by atoms with Gasteiger partial charge in [0.1, 0.15) is 5.41 Å². The maximum Gasteiger partial charge on any atom is 0.315 e. The van der Waals surface area contributed by atoms with Crippen LogP contribution in [0.25, 0.3) is 0 Å². The number of allylic oxidation sites excluding steroid dienone is 1. The summed E-state index contributed by atoms with van der Waals surface area (Å²) in [5.41, 5.74) is 0.167. The second-order valence-corrected chi connectivity index (χ2v) is 14.3. The molecule has 2 heterocycles. The molecule has 4 bridgehead atoms. The lowest BCUT2D eigenvalue weighted by Crippen LogP contribution is -2.66. The number of nitrogens with zero attached hydrogens (tertiary/aromatic N) is 1. The van der Waals surface area contributed by atoms with Crippen molar-refractivity contribution in [3.63, 3.8) is 0 Å². The third-order valence-corrected chi connectivity index (χ3v) is 12.0. The molecule has 0 spiro atoms. The van der Waals surface area contributed by atoms with Crippen molar-refractivity contribution < 1.29 is 28.8 Å². The number of morpholine rings is 1. The maximum absolute atomic E-state index is 14.1. The van der Waals surface area contributed by atoms with E-state index in [0.717, 1.165) is 44.3 Å². The second-order valence-electron chi connectivity index (χ2n) is 14.3. The van der Waals surface area contributed by atoms with Crippen molar-refractivity contribution in [2.24, 2.45) is 45.8 Å². The molecule has 0 radical (unpaired) electrons. The summed E-state index contributed by atoms with van der Waals surface area (Å²) in [6, 6.07) is 10.5. The van der Waals surface area contributed by atoms with Gasteiger partial charge in [-0.3, -0.25) is 9.69 Å². The number of carboxylic acid groups (broad SMARTS) is 1. The number of rotatable bonds is 8. The summed E-state index contributed by atoms with van der Waals surface area (Å²) >= 11 is 0. The normalized spacial score (nSPS) is 44.0. The van der Waals surface area contributed by atoms with Crippen LogP contribution in [0.1, 0.15) is 58.9 Å². The Kier molecular flexibility index (Phi) is 6.94. The van der Waals surface area contributed by atoms with Gasteiger partial charge in [-0.15, -0.1) is 0 Å². The van der Waals surface area contributed by atoms with Crippen molar-refractivity contribution in [1.82, 2.24) is 4.90 Å². The largest absolute Gasteiger partial charge is 0.481 e. The van der Waals surface area contributed by atoms with Crippen LogP contribution < -0.4 is 0 Å². The molecular formula is C34H47NO6. The first-order chi connectivity index (χ1) is 19.7. The highest BCUT2D eigenvalue weighted by Gasteiger charge is 2.86. The fourth-order valence-electron chi connectivity index (χ4n) is 10.8. The first kappa shape index (κ1) is 28.0. The molecule has 6 aliphatic rings. The molecule has 7 nitrogen and oxygen atoms in total. The van der Waals surface area contributed by atoms with Gasteiger partial charge in [-0.2, -0.15) is 0 Å². The smallest absolute Gasteiger partial charge is 0.315 e. The molecule has 4 aliphatic carbocycles. The lowest BCUT2D eigenvalue weighted by Gasteiger charge is -2.61. The highest BCUT2D eigenvalue weighted by atomic mass is 16.7. The number of aliphatic carboxylic acids is 1. The minimum Gasteiger partial charge on any atom is -0.481 e. The first-order valence-corrected chi connectivity index (χ1v) is 15.9. The summed E-state index contributed by atoms with van der Waals surface area (Å²) in [6.07, 6.45) is 5.39. The Labute approximate surface area is 244 Å². The van der Waals surface area contributed by atoms with E-state index in [1.165, 1.54) is 5.56 Å². The van der Waals surface area contributed by atoms with Gasteiger partial charge in [0, 0.05) is 30.5 Å². The van der Waals surface area contributed by atoms with Crippen LogP contribution in [0.3, 0.4) is 0 Å². The molecule has 1 N–H and O–H groups in total. The van der Waals surface area contributed by atoms with Crippen LogP contribution in [0.15, 0.2) is 42.0 Å². The summed E-state index contributed by atoms with van der Waals surface area (Å²) < 4.78 is 25.9. The number of carboxylic acids is 1. The van der Waals surface area contributed by atoms with Crippen LogP contribution in [0.4, 0.5) is 0 Å². The van der Waals surface area contributed by atoms with E-state index in [0.29, 0.717) is 38.2 Å². The van der Waals surface area contributed by atoms with Crippen molar-refractivity contribution in [3.8, 4) is 0 Å². The van der Waals surface area contributed by atoms with Crippen molar-refractivity contribution in [2.45, 2.75) is 78.6 Å². The van der Waals surface area contributed by atoms with Crippen LogP contribution in [-0.2, 0) is 30.3 Å². The van der Waals surface area contributed by atoms with Crippen LogP contribution in [0, 0.1) is 45.8 Å². The lowest BCUT2D eigenvalue weighted by atomic mass is 9.42. The van der Waals surface area contributed by atoms with E-state index in [1.807, 2.05) is 6.07 Å². The molecule has 5 fully saturated rings. The highest BCUT2D eigenvalue weighted by molar-refractivity contribution is 5.85. The SMILES string of the molecule is CC(C)C1=C[C@H]2C[C@]3(C4OCCO4)[C@@H]4CC[C@@H](C)[C@H]4C[C@@]2(CO[C@H]2CN(Cc4ccccc4)C[C@@H](C)O2)[C@]13C(=O)O. The lowest BCUT2D eigenvalue weighted by molar-refractivity contribution is -0.262. The fourth-order valence-corrected chi connectivity index (χ4v) is 10.8. The molecule has 2 saturated heterocycles. The fraction of sp³-hybridized carbons (Fsp3) is 0.735. The highest BCUT2D eigenvalue weighted by Crippen LogP contribution is 2.84. The predicted octanol–water partition coefficient (Wildman–Crippen LogP) is 5.35. The zero-order chi connectivity index (χ0) is 28.6. The van der Waals surface area contributed by atoms with Gasteiger partial charge < -0.3 is 24.1 Å². The van der Waals surface area contributed by atoms with Gasteiger partial charge >= 0.3 is 5.97 Å². The topological polar surface area (TPSA) is 77.5 Å². The molecule has 9 atom stereocenters. The van der Waals surface area contributed by atoms with E-state index >= 15 is 0 Å². The summed E-state index contributed by atoms with van der Waals surface area (Å²) in [4.78, 5) is 16.5. The van der Waals surface area contributed by atoms with E-state index in [4.69, 9.17) is 18.9 Å². The van der Waals surface area contributed by atoms with Crippen LogP contribution in [0.2, 0.25) is 0 Å². The molecule has 41 heavy (non-hydrogen) atoms. The summed E-state index contributed by atoms with van der Waals surface area (Å²) in [6.45, 7) is 12.6. The summed E-state index contributed by atoms with van der Waals surface area (Å²) in [5.74, 6) is 0.830. The molecule has 0 aromatic heterocycles. The number of ether oxygens (including phenoxy) is 4. The molecule has 224 valence electrons. The van der Waals surface area contributed by atoms with Crippen molar-refractivity contribution in [1.29, 1.82) is 0 Å². The molecule has 1 aromatic carbocycles. The van der Waals surface area contributed by atoms with Gasteiger partial charge in [0.25, 0.3) is 0 Å². The van der Waals surface area contributed by atoms with Gasteiger partial charge in [0.15, 0.2) is 12.6 Å². The van der Waals surface area contributed by atoms with Crippen molar-refractivity contribution in [2.75, 3.05) is 32.9 Å². The van der Waals surface area contributed by atoms with Crippen LogP contribution >= 0.6 is 0 Å². The zero-order valence-electron chi connectivity index (χ0n) is 25.1. The molecule has 7 rings (SSSR count). The third-order valence-electron chi connectivity index (χ3n) is 12.0. The Morgan fingerprint density at radius 3 is 2.56 bits per heavy atom. The van der Waals surface area contributed by atoms with Crippen LogP contribution in [0.5, 0.6) is 0 Å². The van der Waals surface area contributed by atoms with Gasteiger partial charge in [-0.05, 0) is 61.3 Å². The number of hydrogen-bond acceptors (Lipinski definition) is 6. The molecule has 2 aliphatic heterocycles. The standard InChI is InChI=1S/C34H47NO6/c1-21(2)28-14-25-15-33(31-38-12-13-39-31)27-11-10-22(3)26(27)16-32(25,34(28,33)30(36)37)20-40-29-19-35(17-23(4)41-29)18-24-8-6-5-7-9-24/h5-9,14,21-23,25-27,29,31H,10-13,15-20H2,1-4H3,(H,36,37)/t22-,23-,25+,26-,27-,29-,32+,33-,34-/m1/s1. The number of carbonyl (C=O) groups is 1. The minimum absolute atomic E-state index is 0.0398. The van der Waals surface area contributed by atoms with E-state index in [9.17, 15) is 9.90 Å². The molecule has 0 unspecified atom stereocenters. The molecule has 7 heteroatoms. The van der Waals surface area contributed by atoms with Gasteiger partial charge in [-0.1, -0.05) is 69.2 Å². The quantitative estimate of drug-likeness (QED) is 0.426. The second kappa shape index (κ2) is 10.2. The number of fused-ring (bicyclic) bond motifs is 2. The molecule has 3 saturated carbocycles. The Morgan fingerprint density at radius 2 is 1.85 bits per heavy atom. The number of hydrogen-bond donors (Lipinski definition) is 1. The van der Waals surface area contributed by atoms with E-state index in [-0.39, 0.29) is 23.9 Å². The zero-order valence-corrected chi connectivity index (χ0v) is 25.1. The molecule has 1 aromatic rings. The summed E-state index contributed by atoms with van der Waals surface area (Å²) in [5, 5.41) is 11.5. The average Bonchev–Trinajstić information content (AvgIpc) is 3.70. The Balaban J connectivity index is 1.25. The minimum atomic E-state index is -1.07. The summed E-state index contributed by atoms with van der Waals surface area (Å²) in [7, 11) is 0. The van der Waals surface area contributed by atoms with Gasteiger partial charge in [0.05, 0.1) is 25.9 Å². The van der Waals surface area contributed by atoms with Gasteiger partial charge in [-0.25, -0.2) is 0 Å². The Hall–Kier alpha value is -1.77. The first-order valence-electron chi connectivity index (χ1n) is 15.9. The van der Waals surface area contributed by atoms with E-state index < -0.39 is 34.8 Å². The average molecular weight is 566 g/mol. The van der Waals surface area contributed by atoms with E-state index in [2.05, 4.69) is 62.9 Å². The number of benzene rings is 1. The monoisotopic (exact) mass is 565 g/mol. The van der Waals surface area contributed by atoms with E-state index in [1.54, 1.807) is 0 Å². The van der Waals surface area contributed by atoms with Crippen LogP contribution in [-0.4, -0.2) is 67.6 Å². The maximum atomic E-state index is 14.1. The molecule has 0 amide bonds. The molecular weight excluding hydrogens is 518 g/mol. The third kappa shape index (κ3) is 3.85. The van der Waals surface area contributed by atoms with Gasteiger partial charge in [0.2, 0.25) is 0 Å².